The predicted octanol–water partition coefficient (Wildman–Crippen LogP) is 5.33. The van der Waals surface area contributed by atoms with E-state index in [1.54, 1.807) is 36.3 Å². The molecule has 1 saturated carbocycles. The van der Waals surface area contributed by atoms with Crippen molar-refractivity contribution in [2.75, 3.05) is 0 Å². The van der Waals surface area contributed by atoms with Gasteiger partial charge in [-0.3, -0.25) is 4.68 Å². The Kier molecular flexibility index (Phi) is 8.27. The monoisotopic (exact) mass is 626 g/mol. The first-order valence-corrected chi connectivity index (χ1v) is 15.6. The second-order valence-corrected chi connectivity index (χ2v) is 12.6. The number of allylic oxidation sites excluding steroid dienone is 4. The minimum absolute atomic E-state index is 0.0587. The standard InChI is InChI=1S/C29H28F2N6O4S2/c1-4-26(43(32,40)41)23(31)10-16(2)9-21-24(11-17-5-6-17)35-37(29-34-25(15-42-29)28(38)39)27(21)18-7-8-22(30)20(12-18)19-13-33-36(3)14-19/h4,7-8,10,12-15,17H,2,5-6,9,11H2,1,3H3,(H,38,39)(H2,32,40,41)/b23-10+,26-4+. The van der Waals surface area contributed by atoms with Crippen LogP contribution in [0.2, 0.25) is 0 Å². The molecule has 10 nitrogen and oxygen atoms in total. The highest BCUT2D eigenvalue weighted by Gasteiger charge is 2.29. The van der Waals surface area contributed by atoms with E-state index in [1.165, 1.54) is 23.1 Å². The second-order valence-electron chi connectivity index (χ2n) is 10.3. The first-order chi connectivity index (χ1) is 20.3. The van der Waals surface area contributed by atoms with Crippen molar-refractivity contribution in [2.45, 2.75) is 32.6 Å². The Balaban J connectivity index is 1.69. The molecular formula is C29H28F2N6O4S2. The van der Waals surface area contributed by atoms with Gasteiger partial charge >= 0.3 is 5.97 Å². The van der Waals surface area contributed by atoms with Crippen molar-refractivity contribution in [1.29, 1.82) is 0 Å². The van der Waals surface area contributed by atoms with Crippen molar-refractivity contribution in [3.63, 3.8) is 0 Å². The summed E-state index contributed by atoms with van der Waals surface area (Å²) in [5.41, 5.74) is 3.28. The van der Waals surface area contributed by atoms with E-state index in [2.05, 4.69) is 16.7 Å². The summed E-state index contributed by atoms with van der Waals surface area (Å²) >= 11 is 1.08. The molecule has 0 unspecified atom stereocenters. The molecule has 224 valence electrons. The molecule has 1 aromatic carbocycles. The Morgan fingerprint density at radius 3 is 2.63 bits per heavy atom. The number of aromatic carboxylic acids is 1. The summed E-state index contributed by atoms with van der Waals surface area (Å²) in [6, 6.07) is 4.55. The molecule has 0 radical (unpaired) electrons. The zero-order valence-electron chi connectivity index (χ0n) is 23.3. The largest absolute Gasteiger partial charge is 0.476 e. The second kappa shape index (κ2) is 11.8. The molecule has 5 rings (SSSR count). The minimum atomic E-state index is -4.31. The number of rotatable bonds is 11. The summed E-state index contributed by atoms with van der Waals surface area (Å²) in [4.78, 5) is 15.2. The lowest BCUT2D eigenvalue weighted by molar-refractivity contribution is 0.0691. The molecule has 1 aliphatic rings. The van der Waals surface area contributed by atoms with Crippen LogP contribution in [0, 0.1) is 11.7 Å². The van der Waals surface area contributed by atoms with E-state index in [0.29, 0.717) is 40.4 Å². The third kappa shape index (κ3) is 6.55. The zero-order valence-corrected chi connectivity index (χ0v) is 24.9. The molecule has 43 heavy (non-hydrogen) atoms. The molecule has 1 fully saturated rings. The highest BCUT2D eigenvalue weighted by Crippen LogP contribution is 2.39. The van der Waals surface area contributed by atoms with Crippen molar-refractivity contribution in [3.8, 4) is 27.5 Å². The van der Waals surface area contributed by atoms with Gasteiger partial charge in [-0.25, -0.2) is 36.8 Å². The molecule has 0 aliphatic heterocycles. The number of carboxylic acids is 1. The van der Waals surface area contributed by atoms with Crippen molar-refractivity contribution in [1.82, 2.24) is 24.5 Å². The number of aromatic nitrogens is 5. The van der Waals surface area contributed by atoms with Crippen LogP contribution in [0.3, 0.4) is 0 Å². The average Bonchev–Trinajstić information content (AvgIpc) is 3.28. The Labute approximate surface area is 250 Å². The van der Waals surface area contributed by atoms with Gasteiger partial charge in [-0.2, -0.15) is 10.2 Å². The third-order valence-corrected chi connectivity index (χ3v) is 8.79. The van der Waals surface area contributed by atoms with Gasteiger partial charge in [-0.15, -0.1) is 11.3 Å². The summed E-state index contributed by atoms with van der Waals surface area (Å²) < 4.78 is 56.9. The molecule has 1 aliphatic carbocycles. The van der Waals surface area contributed by atoms with E-state index in [1.807, 2.05) is 0 Å². The van der Waals surface area contributed by atoms with Crippen LogP contribution in [0.4, 0.5) is 8.78 Å². The van der Waals surface area contributed by atoms with Crippen LogP contribution in [0.5, 0.6) is 0 Å². The molecule has 0 atom stereocenters. The quantitative estimate of drug-likeness (QED) is 0.214. The van der Waals surface area contributed by atoms with Crippen molar-refractivity contribution >= 4 is 27.3 Å². The maximum absolute atomic E-state index is 15.1. The molecule has 3 heterocycles. The SMILES string of the molecule is C=C(/C=C(F)\C(=C/C)S(N)(=O)=O)Cc1c(CC2CC2)nn(-c2nc(C(=O)O)cs2)c1-c1ccc(F)c(-c2cnn(C)c2)c1. The molecule has 0 spiro atoms. The summed E-state index contributed by atoms with van der Waals surface area (Å²) in [6.07, 6.45) is 7.98. The topological polar surface area (TPSA) is 146 Å². The fraction of sp³-hybridized carbons (Fsp3) is 0.241. The number of hydrogen-bond donors (Lipinski definition) is 2. The Morgan fingerprint density at radius 1 is 1.30 bits per heavy atom. The van der Waals surface area contributed by atoms with E-state index >= 15 is 8.78 Å². The van der Waals surface area contributed by atoms with Gasteiger partial charge in [0.15, 0.2) is 5.69 Å². The molecule has 3 N–H and O–H groups in total. The molecule has 4 aromatic rings. The van der Waals surface area contributed by atoms with Crippen molar-refractivity contribution in [3.05, 3.63) is 93.8 Å². The average molecular weight is 627 g/mol. The maximum atomic E-state index is 15.1. The van der Waals surface area contributed by atoms with E-state index in [4.69, 9.17) is 10.2 Å². The van der Waals surface area contributed by atoms with Crippen LogP contribution in [0.15, 0.2) is 71.0 Å². The van der Waals surface area contributed by atoms with Crippen LogP contribution >= 0.6 is 11.3 Å². The van der Waals surface area contributed by atoms with Crippen molar-refractivity contribution in [2.24, 2.45) is 18.1 Å². The minimum Gasteiger partial charge on any atom is -0.476 e. The molecule has 0 amide bonds. The van der Waals surface area contributed by atoms with Gasteiger partial charge in [0, 0.05) is 47.3 Å². The highest BCUT2D eigenvalue weighted by atomic mass is 32.2. The van der Waals surface area contributed by atoms with Gasteiger partial charge in [0.2, 0.25) is 15.2 Å². The van der Waals surface area contributed by atoms with Gasteiger partial charge < -0.3 is 5.11 Å². The number of nitrogens with zero attached hydrogens (tertiary/aromatic N) is 5. The Morgan fingerprint density at radius 2 is 2.05 bits per heavy atom. The van der Waals surface area contributed by atoms with Gasteiger partial charge in [-0.1, -0.05) is 12.7 Å². The van der Waals surface area contributed by atoms with E-state index in [-0.39, 0.29) is 28.4 Å². The fourth-order valence-electron chi connectivity index (χ4n) is 4.76. The number of halogens is 2. The number of hydrogen-bond acceptors (Lipinski definition) is 7. The summed E-state index contributed by atoms with van der Waals surface area (Å²) in [7, 11) is -2.59. The number of carbonyl (C=O) groups is 1. The lowest BCUT2D eigenvalue weighted by atomic mass is 9.95. The Bertz CT molecular complexity index is 1920. The number of primary sulfonamides is 1. The lowest BCUT2D eigenvalue weighted by Gasteiger charge is -2.11. The fourth-order valence-corrected chi connectivity index (χ4v) is 6.17. The van der Waals surface area contributed by atoms with Gasteiger partial charge in [-0.05, 0) is 62.0 Å². The first-order valence-electron chi connectivity index (χ1n) is 13.2. The zero-order chi connectivity index (χ0) is 31.1. The van der Waals surface area contributed by atoms with Crippen LogP contribution in [0.25, 0.3) is 27.5 Å². The number of sulfonamides is 1. The van der Waals surface area contributed by atoms with E-state index in [0.717, 1.165) is 36.3 Å². The van der Waals surface area contributed by atoms with Crippen LogP contribution in [-0.4, -0.2) is 44.0 Å². The number of thiazole rings is 1. The summed E-state index contributed by atoms with van der Waals surface area (Å²) in [5, 5.41) is 25.3. The Hall–Kier alpha value is -4.27. The van der Waals surface area contributed by atoms with Crippen molar-refractivity contribution < 1.29 is 27.1 Å². The maximum Gasteiger partial charge on any atom is 0.355 e. The van der Waals surface area contributed by atoms with Crippen LogP contribution in [-0.2, 0) is 29.9 Å². The van der Waals surface area contributed by atoms with Gasteiger partial charge in [0.1, 0.15) is 16.5 Å². The van der Waals surface area contributed by atoms with Crippen LogP contribution < -0.4 is 5.14 Å². The molecule has 14 heteroatoms. The third-order valence-electron chi connectivity index (χ3n) is 6.93. The smallest absolute Gasteiger partial charge is 0.355 e. The number of benzene rings is 1. The summed E-state index contributed by atoms with van der Waals surface area (Å²) in [6.45, 7) is 5.33. The molecule has 3 aromatic heterocycles. The lowest BCUT2D eigenvalue weighted by Crippen LogP contribution is -2.15. The van der Waals surface area contributed by atoms with Crippen LogP contribution in [0.1, 0.15) is 41.5 Å². The molecular weight excluding hydrogens is 598 g/mol. The normalized spacial score (nSPS) is 14.3. The number of aryl methyl sites for hydroxylation is 1. The number of nitrogens with two attached hydrogens (primary N) is 1. The van der Waals surface area contributed by atoms with E-state index < -0.39 is 32.5 Å². The highest BCUT2D eigenvalue weighted by molar-refractivity contribution is 7.93. The van der Waals surface area contributed by atoms with Gasteiger partial charge in [0.25, 0.3) is 0 Å². The van der Waals surface area contributed by atoms with E-state index in [9.17, 15) is 18.3 Å². The summed E-state index contributed by atoms with van der Waals surface area (Å²) in [5.74, 6) is -2.34. The molecule has 0 saturated heterocycles. The van der Waals surface area contributed by atoms with Gasteiger partial charge in [0.05, 0.1) is 17.6 Å². The predicted molar refractivity (Wildman–Crippen MR) is 159 cm³/mol. The first kappa shape index (κ1) is 30.2. The molecule has 0 bridgehead atoms. The number of carboxylic acid groups (broad SMARTS) is 1.